The average Bonchev–Trinajstić information content (AvgIpc) is 2.91. The molecule has 196 valence electrons. The molecule has 3 aromatic rings. The van der Waals surface area contributed by atoms with E-state index in [1.807, 2.05) is 30.3 Å². The average molecular weight is 591 g/mol. The lowest BCUT2D eigenvalue weighted by atomic mass is 10.1. The molecule has 0 spiro atoms. The van der Waals surface area contributed by atoms with Gasteiger partial charge in [0.05, 0.1) is 44.0 Å². The Kier molecular flexibility index (Phi) is 9.67. The van der Waals surface area contributed by atoms with E-state index in [0.717, 1.165) is 14.3 Å². The van der Waals surface area contributed by atoms with E-state index < -0.39 is 28.4 Å². The number of hydrogen-bond donors (Lipinski definition) is 1. The largest absolute Gasteiger partial charge is 0.493 e. The number of rotatable bonds is 11. The third-order valence-electron chi connectivity index (χ3n) is 5.47. The molecule has 3 rings (SSSR count). The SMILES string of the molecule is COC(=O)c1cc(OC)c(OC)cc1NC(=O)CN(CCc1ccccc1)S(=O)(=O)c1ccc(Br)cc1. The number of anilines is 1. The molecule has 0 aliphatic rings. The quantitative estimate of drug-likeness (QED) is 0.334. The number of ether oxygens (including phenoxy) is 3. The number of amides is 1. The highest BCUT2D eigenvalue weighted by atomic mass is 79.9. The molecular formula is C26H27BrN2O7S. The fourth-order valence-electron chi connectivity index (χ4n) is 3.55. The molecule has 0 radical (unpaired) electrons. The minimum Gasteiger partial charge on any atom is -0.493 e. The lowest BCUT2D eigenvalue weighted by molar-refractivity contribution is -0.116. The zero-order valence-electron chi connectivity index (χ0n) is 20.6. The first-order valence-electron chi connectivity index (χ1n) is 11.1. The topological polar surface area (TPSA) is 111 Å². The van der Waals surface area contributed by atoms with E-state index in [1.165, 1.54) is 45.6 Å². The lowest BCUT2D eigenvalue weighted by Crippen LogP contribution is -2.39. The molecule has 0 saturated heterocycles. The van der Waals surface area contributed by atoms with Gasteiger partial charge in [-0.3, -0.25) is 4.79 Å². The van der Waals surface area contributed by atoms with E-state index in [0.29, 0.717) is 6.42 Å². The zero-order chi connectivity index (χ0) is 27.0. The number of esters is 1. The van der Waals surface area contributed by atoms with Crippen LogP contribution in [0.25, 0.3) is 0 Å². The molecule has 0 heterocycles. The Labute approximate surface area is 224 Å². The van der Waals surface area contributed by atoms with Gasteiger partial charge in [-0.25, -0.2) is 13.2 Å². The van der Waals surface area contributed by atoms with Crippen LogP contribution in [0.5, 0.6) is 11.5 Å². The molecule has 0 aromatic heterocycles. The predicted octanol–water partition coefficient (Wildman–Crippen LogP) is 4.13. The van der Waals surface area contributed by atoms with Crippen LogP contribution in [-0.4, -0.2) is 59.0 Å². The molecule has 0 fully saturated rings. The summed E-state index contributed by atoms with van der Waals surface area (Å²) in [7, 11) is 0.0200. The van der Waals surface area contributed by atoms with Crippen molar-refractivity contribution in [3.63, 3.8) is 0 Å². The van der Waals surface area contributed by atoms with Gasteiger partial charge in [0.25, 0.3) is 0 Å². The first-order chi connectivity index (χ1) is 17.7. The van der Waals surface area contributed by atoms with Crippen molar-refractivity contribution in [1.29, 1.82) is 0 Å². The van der Waals surface area contributed by atoms with E-state index in [9.17, 15) is 18.0 Å². The van der Waals surface area contributed by atoms with Crippen molar-refractivity contribution in [2.24, 2.45) is 0 Å². The summed E-state index contributed by atoms with van der Waals surface area (Å²) in [4.78, 5) is 25.5. The number of nitrogens with one attached hydrogen (secondary N) is 1. The van der Waals surface area contributed by atoms with Gasteiger partial charge < -0.3 is 19.5 Å². The Balaban J connectivity index is 1.91. The molecule has 0 unspecified atom stereocenters. The Bertz CT molecular complexity index is 1350. The number of halogens is 1. The summed E-state index contributed by atoms with van der Waals surface area (Å²) in [6.07, 6.45) is 0.396. The molecule has 0 atom stereocenters. The van der Waals surface area contributed by atoms with Gasteiger partial charge in [0.2, 0.25) is 15.9 Å². The molecule has 1 N–H and O–H groups in total. The van der Waals surface area contributed by atoms with Crippen LogP contribution in [0, 0.1) is 0 Å². The fraction of sp³-hybridized carbons (Fsp3) is 0.231. The van der Waals surface area contributed by atoms with E-state index >= 15 is 0 Å². The standard InChI is InChI=1S/C26H27BrN2O7S/c1-34-23-15-21(26(31)36-3)22(16-24(23)35-2)28-25(30)17-29(14-13-18-7-5-4-6-8-18)37(32,33)20-11-9-19(27)10-12-20/h4-12,15-16H,13-14,17H2,1-3H3,(H,28,30). The first kappa shape index (κ1) is 28.2. The van der Waals surface area contributed by atoms with Crippen LogP contribution in [0.15, 0.2) is 76.1 Å². The summed E-state index contributed by atoms with van der Waals surface area (Å²) >= 11 is 3.30. The predicted molar refractivity (Wildman–Crippen MR) is 143 cm³/mol. The summed E-state index contributed by atoms with van der Waals surface area (Å²) in [6.45, 7) is -0.425. The lowest BCUT2D eigenvalue weighted by Gasteiger charge is -2.22. The number of carbonyl (C=O) groups is 2. The maximum atomic E-state index is 13.5. The van der Waals surface area contributed by atoms with Gasteiger partial charge in [-0.2, -0.15) is 4.31 Å². The van der Waals surface area contributed by atoms with Gasteiger partial charge >= 0.3 is 5.97 Å². The highest BCUT2D eigenvalue weighted by Crippen LogP contribution is 2.34. The van der Waals surface area contributed by atoms with Crippen molar-refractivity contribution >= 4 is 43.5 Å². The monoisotopic (exact) mass is 590 g/mol. The van der Waals surface area contributed by atoms with Crippen molar-refractivity contribution in [2.75, 3.05) is 39.7 Å². The summed E-state index contributed by atoms with van der Waals surface area (Å²) in [5.41, 5.74) is 1.05. The maximum Gasteiger partial charge on any atom is 0.340 e. The molecule has 0 aliphatic carbocycles. The van der Waals surface area contributed by atoms with Gasteiger partial charge in [-0.1, -0.05) is 46.3 Å². The van der Waals surface area contributed by atoms with Crippen LogP contribution in [0.2, 0.25) is 0 Å². The van der Waals surface area contributed by atoms with Crippen molar-refractivity contribution in [1.82, 2.24) is 4.31 Å². The summed E-state index contributed by atoms with van der Waals surface area (Å²) < 4.78 is 44.1. The van der Waals surface area contributed by atoms with Crippen LogP contribution in [0.4, 0.5) is 5.69 Å². The molecule has 9 nitrogen and oxygen atoms in total. The van der Waals surface area contributed by atoms with E-state index in [4.69, 9.17) is 14.2 Å². The van der Waals surface area contributed by atoms with Gasteiger partial charge in [0.15, 0.2) is 11.5 Å². The van der Waals surface area contributed by atoms with Crippen LogP contribution >= 0.6 is 15.9 Å². The molecule has 37 heavy (non-hydrogen) atoms. The Hall–Kier alpha value is -3.41. The normalized spacial score (nSPS) is 11.2. The van der Waals surface area contributed by atoms with Gasteiger partial charge in [-0.15, -0.1) is 0 Å². The number of benzene rings is 3. The smallest absolute Gasteiger partial charge is 0.340 e. The number of methoxy groups -OCH3 is 3. The van der Waals surface area contributed by atoms with E-state index in [1.54, 1.807) is 12.1 Å². The highest BCUT2D eigenvalue weighted by molar-refractivity contribution is 9.10. The molecule has 0 bridgehead atoms. The molecular weight excluding hydrogens is 564 g/mol. The molecule has 3 aromatic carbocycles. The minimum absolute atomic E-state index is 0.0279. The molecule has 0 aliphatic heterocycles. The summed E-state index contributed by atoms with van der Waals surface area (Å²) in [6, 6.07) is 18.3. The van der Waals surface area contributed by atoms with Gasteiger partial charge in [0, 0.05) is 23.2 Å². The van der Waals surface area contributed by atoms with Gasteiger partial charge in [-0.05, 0) is 36.2 Å². The molecule has 0 saturated carbocycles. The minimum atomic E-state index is -4.01. The van der Waals surface area contributed by atoms with E-state index in [-0.39, 0.29) is 34.2 Å². The number of nitrogens with zero attached hydrogens (tertiary/aromatic N) is 1. The Morgan fingerprint density at radius 3 is 2.14 bits per heavy atom. The third-order valence-corrected chi connectivity index (χ3v) is 7.86. The van der Waals surface area contributed by atoms with Crippen LogP contribution in [-0.2, 0) is 26.0 Å². The van der Waals surface area contributed by atoms with Crippen LogP contribution < -0.4 is 14.8 Å². The van der Waals surface area contributed by atoms with E-state index in [2.05, 4.69) is 21.2 Å². The van der Waals surface area contributed by atoms with Crippen molar-refractivity contribution in [2.45, 2.75) is 11.3 Å². The number of carbonyl (C=O) groups excluding carboxylic acids is 2. The summed E-state index contributed by atoms with van der Waals surface area (Å²) in [5.74, 6) is -0.817. The summed E-state index contributed by atoms with van der Waals surface area (Å²) in [5, 5.41) is 2.62. The second-order valence-electron chi connectivity index (χ2n) is 7.82. The number of sulfonamides is 1. The fourth-order valence-corrected chi connectivity index (χ4v) is 5.21. The first-order valence-corrected chi connectivity index (χ1v) is 13.4. The maximum absolute atomic E-state index is 13.5. The van der Waals surface area contributed by atoms with Crippen molar-refractivity contribution < 1.29 is 32.2 Å². The van der Waals surface area contributed by atoms with Crippen LogP contribution in [0.1, 0.15) is 15.9 Å². The second kappa shape index (κ2) is 12.7. The van der Waals surface area contributed by atoms with Gasteiger partial charge in [0.1, 0.15) is 0 Å². The second-order valence-corrected chi connectivity index (χ2v) is 10.7. The number of hydrogen-bond acceptors (Lipinski definition) is 7. The molecule has 1 amide bonds. The zero-order valence-corrected chi connectivity index (χ0v) is 23.0. The van der Waals surface area contributed by atoms with Crippen LogP contribution in [0.3, 0.4) is 0 Å². The highest BCUT2D eigenvalue weighted by Gasteiger charge is 2.27. The van der Waals surface area contributed by atoms with Crippen molar-refractivity contribution in [3.8, 4) is 11.5 Å². The van der Waals surface area contributed by atoms with Crippen molar-refractivity contribution in [3.05, 3.63) is 82.3 Å². The third kappa shape index (κ3) is 7.09. The molecule has 11 heteroatoms. The Morgan fingerprint density at radius 2 is 1.54 bits per heavy atom. The Morgan fingerprint density at radius 1 is 0.919 bits per heavy atom.